The molecule has 2 aromatic rings. The van der Waals surface area contributed by atoms with Crippen molar-refractivity contribution in [3.63, 3.8) is 0 Å². The van der Waals surface area contributed by atoms with E-state index in [1.165, 1.54) is 6.07 Å². The SMILES string of the molecule is N#C/C(=C/Nc1ccc(Cl)cc1C(F)(F)F)C(=O)Nc1ccc(S(=O)(=O)O)cc1. The first-order valence-corrected chi connectivity index (χ1v) is 9.36. The van der Waals surface area contributed by atoms with Gasteiger partial charge in [0.15, 0.2) is 0 Å². The van der Waals surface area contributed by atoms with Gasteiger partial charge in [-0.2, -0.15) is 26.9 Å². The van der Waals surface area contributed by atoms with Crippen LogP contribution >= 0.6 is 11.6 Å². The van der Waals surface area contributed by atoms with E-state index in [2.05, 4.69) is 10.6 Å². The number of nitriles is 1. The lowest BCUT2D eigenvalue weighted by molar-refractivity contribution is -0.136. The van der Waals surface area contributed by atoms with Crippen molar-refractivity contribution in [3.05, 3.63) is 64.8 Å². The molecule has 2 aromatic carbocycles. The lowest BCUT2D eigenvalue weighted by Gasteiger charge is -2.13. The number of nitrogens with zero attached hydrogens (tertiary/aromatic N) is 1. The number of alkyl halides is 3. The fourth-order valence-corrected chi connectivity index (χ4v) is 2.74. The number of hydrogen-bond acceptors (Lipinski definition) is 5. The van der Waals surface area contributed by atoms with Crippen LogP contribution in [-0.2, 0) is 21.1 Å². The number of amides is 1. The molecular weight excluding hydrogens is 435 g/mol. The molecule has 0 atom stereocenters. The minimum Gasteiger partial charge on any atom is -0.360 e. The fraction of sp³-hybridized carbons (Fsp3) is 0.0588. The van der Waals surface area contributed by atoms with Gasteiger partial charge in [-0.3, -0.25) is 9.35 Å². The highest BCUT2D eigenvalue weighted by Crippen LogP contribution is 2.36. The maximum Gasteiger partial charge on any atom is 0.418 e. The Hall–Kier alpha value is -3.07. The smallest absolute Gasteiger partial charge is 0.360 e. The van der Waals surface area contributed by atoms with E-state index in [1.807, 2.05) is 0 Å². The summed E-state index contributed by atoms with van der Waals surface area (Å²) in [7, 11) is -4.42. The third-order valence-corrected chi connectivity index (χ3v) is 4.54. The first-order chi connectivity index (χ1) is 13.4. The molecular formula is C17H11ClF3N3O4S. The topological polar surface area (TPSA) is 119 Å². The van der Waals surface area contributed by atoms with Crippen LogP contribution in [0, 0.1) is 11.3 Å². The molecule has 0 fully saturated rings. The monoisotopic (exact) mass is 445 g/mol. The highest BCUT2D eigenvalue weighted by molar-refractivity contribution is 7.85. The fourth-order valence-electron chi connectivity index (χ4n) is 2.08. The number of nitrogens with one attached hydrogen (secondary N) is 2. The summed E-state index contributed by atoms with van der Waals surface area (Å²) in [4.78, 5) is 11.7. The molecule has 152 valence electrons. The highest BCUT2D eigenvalue weighted by Gasteiger charge is 2.33. The third-order valence-electron chi connectivity index (χ3n) is 3.43. The Morgan fingerprint density at radius 1 is 1.17 bits per heavy atom. The summed E-state index contributed by atoms with van der Waals surface area (Å²) in [6.45, 7) is 0. The molecule has 29 heavy (non-hydrogen) atoms. The number of benzene rings is 2. The molecule has 12 heteroatoms. The van der Waals surface area contributed by atoms with Crippen molar-refractivity contribution < 1.29 is 30.9 Å². The van der Waals surface area contributed by atoms with Crippen molar-refractivity contribution in [2.45, 2.75) is 11.1 Å². The van der Waals surface area contributed by atoms with Crippen LogP contribution in [0.2, 0.25) is 5.02 Å². The van der Waals surface area contributed by atoms with Crippen LogP contribution in [0.1, 0.15) is 5.56 Å². The molecule has 0 bridgehead atoms. The summed E-state index contributed by atoms with van der Waals surface area (Å²) in [6.07, 6.45) is -3.93. The largest absolute Gasteiger partial charge is 0.418 e. The van der Waals surface area contributed by atoms with Crippen LogP contribution in [-0.4, -0.2) is 18.9 Å². The molecule has 0 heterocycles. The predicted octanol–water partition coefficient (Wildman–Crippen LogP) is 4.06. The van der Waals surface area contributed by atoms with E-state index in [-0.39, 0.29) is 10.7 Å². The Balaban J connectivity index is 2.21. The molecule has 0 aliphatic heterocycles. The number of halogens is 4. The van der Waals surface area contributed by atoms with Crippen molar-refractivity contribution in [3.8, 4) is 6.07 Å². The van der Waals surface area contributed by atoms with Crippen LogP contribution < -0.4 is 10.6 Å². The zero-order valence-corrected chi connectivity index (χ0v) is 15.7. The van der Waals surface area contributed by atoms with Crippen LogP contribution in [0.3, 0.4) is 0 Å². The first-order valence-electron chi connectivity index (χ1n) is 7.54. The van der Waals surface area contributed by atoms with E-state index in [0.717, 1.165) is 36.5 Å². The van der Waals surface area contributed by atoms with Crippen molar-refractivity contribution >= 4 is 39.0 Å². The lowest BCUT2D eigenvalue weighted by Crippen LogP contribution is -2.15. The summed E-state index contributed by atoms with van der Waals surface area (Å²) in [5.74, 6) is -0.956. The van der Waals surface area contributed by atoms with Gasteiger partial charge in [0.05, 0.1) is 16.1 Å². The zero-order chi connectivity index (χ0) is 21.8. The maximum absolute atomic E-state index is 13.1. The molecule has 0 aromatic heterocycles. The van der Waals surface area contributed by atoms with E-state index in [9.17, 15) is 26.4 Å². The minimum absolute atomic E-state index is 0.0889. The predicted molar refractivity (Wildman–Crippen MR) is 98.7 cm³/mol. The van der Waals surface area contributed by atoms with Gasteiger partial charge in [0.25, 0.3) is 16.0 Å². The molecule has 7 nitrogen and oxygen atoms in total. The Bertz CT molecular complexity index is 1110. The maximum atomic E-state index is 13.1. The molecule has 0 spiro atoms. The van der Waals surface area contributed by atoms with Crippen molar-refractivity contribution in [2.24, 2.45) is 0 Å². The average Bonchev–Trinajstić information content (AvgIpc) is 2.62. The van der Waals surface area contributed by atoms with Crippen molar-refractivity contribution in [2.75, 3.05) is 10.6 Å². The number of carbonyl (C=O) groups is 1. The summed E-state index contributed by atoms with van der Waals surface area (Å²) in [6, 6.07) is 8.83. The normalized spacial score (nSPS) is 12.2. The van der Waals surface area contributed by atoms with E-state index >= 15 is 0 Å². The number of rotatable bonds is 5. The third kappa shape index (κ3) is 5.95. The molecule has 0 aliphatic carbocycles. The summed E-state index contributed by atoms with van der Waals surface area (Å²) >= 11 is 5.58. The van der Waals surface area contributed by atoms with Crippen molar-refractivity contribution in [1.29, 1.82) is 5.26 Å². The molecule has 0 saturated carbocycles. The number of anilines is 2. The van der Waals surface area contributed by atoms with Gasteiger partial charge in [0.2, 0.25) is 0 Å². The Morgan fingerprint density at radius 2 is 1.79 bits per heavy atom. The minimum atomic E-state index is -4.72. The van der Waals surface area contributed by atoms with Gasteiger partial charge in [0, 0.05) is 16.9 Å². The van der Waals surface area contributed by atoms with Gasteiger partial charge >= 0.3 is 6.18 Å². The van der Waals surface area contributed by atoms with Crippen LogP contribution in [0.4, 0.5) is 24.5 Å². The first kappa shape index (κ1) is 22.2. The molecule has 0 aliphatic rings. The van der Waals surface area contributed by atoms with E-state index in [0.29, 0.717) is 6.07 Å². The molecule has 0 radical (unpaired) electrons. The second-order valence-electron chi connectivity index (χ2n) is 5.46. The Morgan fingerprint density at radius 3 is 2.31 bits per heavy atom. The average molecular weight is 446 g/mol. The van der Waals surface area contributed by atoms with Crippen LogP contribution in [0.5, 0.6) is 0 Å². The van der Waals surface area contributed by atoms with Crippen molar-refractivity contribution in [1.82, 2.24) is 0 Å². The van der Waals surface area contributed by atoms with Gasteiger partial charge in [-0.1, -0.05) is 11.6 Å². The summed E-state index contributed by atoms with van der Waals surface area (Å²) < 4.78 is 70.1. The Labute approximate surface area is 168 Å². The summed E-state index contributed by atoms with van der Waals surface area (Å²) in [5, 5.41) is 13.5. The molecule has 3 N–H and O–H groups in total. The molecule has 0 unspecified atom stereocenters. The van der Waals surface area contributed by atoms with Gasteiger partial charge in [-0.05, 0) is 42.5 Å². The van der Waals surface area contributed by atoms with Gasteiger partial charge in [-0.15, -0.1) is 0 Å². The molecule has 1 amide bonds. The molecule has 2 rings (SSSR count). The lowest BCUT2D eigenvalue weighted by atomic mass is 10.1. The quantitative estimate of drug-likeness (QED) is 0.362. The van der Waals surface area contributed by atoms with Gasteiger partial charge in [0.1, 0.15) is 11.6 Å². The standard InChI is InChI=1S/C17H11ClF3N3O4S/c18-11-1-6-15(14(7-11)17(19,20)21)23-9-10(8-22)16(25)24-12-2-4-13(5-3-12)29(26,27)28/h1-7,9,23H,(H,24,25)(H,26,27,28)/b10-9-. The second-order valence-corrected chi connectivity index (χ2v) is 7.31. The van der Waals surface area contributed by atoms with E-state index in [4.69, 9.17) is 21.4 Å². The number of carbonyl (C=O) groups excluding carboxylic acids is 1. The zero-order valence-electron chi connectivity index (χ0n) is 14.2. The van der Waals surface area contributed by atoms with E-state index < -0.39 is 43.9 Å². The Kier molecular flexibility index (Phi) is 6.53. The highest BCUT2D eigenvalue weighted by atomic mass is 35.5. The molecule has 0 saturated heterocycles. The van der Waals surface area contributed by atoms with E-state index in [1.54, 1.807) is 6.07 Å². The van der Waals surface area contributed by atoms with Gasteiger partial charge < -0.3 is 10.6 Å². The second kappa shape index (κ2) is 8.52. The van der Waals surface area contributed by atoms with Crippen LogP contribution in [0.15, 0.2) is 59.1 Å². The summed E-state index contributed by atoms with van der Waals surface area (Å²) in [5.41, 5.74) is -1.96. The van der Waals surface area contributed by atoms with Crippen LogP contribution in [0.25, 0.3) is 0 Å². The van der Waals surface area contributed by atoms with Gasteiger partial charge in [-0.25, -0.2) is 0 Å². The number of hydrogen-bond donors (Lipinski definition) is 3.